The van der Waals surface area contributed by atoms with E-state index in [9.17, 15) is 9.18 Å². The lowest BCUT2D eigenvalue weighted by Crippen LogP contribution is -2.30. The molecule has 0 radical (unpaired) electrons. The molecule has 0 fully saturated rings. The van der Waals surface area contributed by atoms with Gasteiger partial charge in [-0.2, -0.15) is 0 Å². The fourth-order valence-electron chi connectivity index (χ4n) is 2.37. The van der Waals surface area contributed by atoms with Crippen molar-refractivity contribution < 1.29 is 9.18 Å². The normalized spacial score (nSPS) is 17.4. The summed E-state index contributed by atoms with van der Waals surface area (Å²) in [7, 11) is 0. The number of thioether (sulfide) groups is 1. The van der Waals surface area contributed by atoms with Crippen molar-refractivity contribution in [2.45, 2.75) is 17.4 Å². The molecule has 0 bridgehead atoms. The zero-order chi connectivity index (χ0) is 13.9. The third-order valence-corrected chi connectivity index (χ3v) is 4.53. The van der Waals surface area contributed by atoms with Crippen LogP contribution in [0.5, 0.6) is 0 Å². The summed E-state index contributed by atoms with van der Waals surface area (Å²) in [5, 5.41) is 3.00. The number of nitrogens with one attached hydrogen (secondary N) is 1. The summed E-state index contributed by atoms with van der Waals surface area (Å²) in [5.74, 6) is 0.497. The van der Waals surface area contributed by atoms with E-state index in [0.29, 0.717) is 10.5 Å². The SMILES string of the molecule is O=C(N[C@@H]1CCSc2c(F)cccc21)c1ccccc1. The van der Waals surface area contributed by atoms with Gasteiger partial charge in [0.2, 0.25) is 0 Å². The van der Waals surface area contributed by atoms with Crippen molar-refractivity contribution in [3.8, 4) is 0 Å². The molecular formula is C16H14FNOS. The largest absolute Gasteiger partial charge is 0.345 e. The topological polar surface area (TPSA) is 29.1 Å². The van der Waals surface area contributed by atoms with Crippen LogP contribution in [-0.2, 0) is 0 Å². The first kappa shape index (κ1) is 13.2. The van der Waals surface area contributed by atoms with Crippen LogP contribution in [-0.4, -0.2) is 11.7 Å². The highest BCUT2D eigenvalue weighted by Gasteiger charge is 2.24. The van der Waals surface area contributed by atoms with Crippen LogP contribution in [0.4, 0.5) is 4.39 Å². The maximum absolute atomic E-state index is 13.8. The summed E-state index contributed by atoms with van der Waals surface area (Å²) in [6.45, 7) is 0. The van der Waals surface area contributed by atoms with E-state index in [0.717, 1.165) is 17.7 Å². The number of hydrogen-bond donors (Lipinski definition) is 1. The van der Waals surface area contributed by atoms with Gasteiger partial charge < -0.3 is 5.32 Å². The Hall–Kier alpha value is -1.81. The molecule has 20 heavy (non-hydrogen) atoms. The van der Waals surface area contributed by atoms with Gasteiger partial charge in [0.1, 0.15) is 5.82 Å². The number of hydrogen-bond acceptors (Lipinski definition) is 2. The predicted molar refractivity (Wildman–Crippen MR) is 78.4 cm³/mol. The molecule has 2 aromatic rings. The van der Waals surface area contributed by atoms with Gasteiger partial charge in [-0.1, -0.05) is 30.3 Å². The van der Waals surface area contributed by atoms with E-state index < -0.39 is 0 Å². The molecule has 1 N–H and O–H groups in total. The zero-order valence-corrected chi connectivity index (χ0v) is 11.6. The van der Waals surface area contributed by atoms with Gasteiger partial charge in [0.25, 0.3) is 5.91 Å². The summed E-state index contributed by atoms with van der Waals surface area (Å²) in [6.07, 6.45) is 0.819. The van der Waals surface area contributed by atoms with Crippen LogP contribution in [0, 0.1) is 5.82 Å². The van der Waals surface area contributed by atoms with Gasteiger partial charge in [-0.25, -0.2) is 4.39 Å². The van der Waals surface area contributed by atoms with Crippen LogP contribution in [0.15, 0.2) is 53.4 Å². The summed E-state index contributed by atoms with van der Waals surface area (Å²) >= 11 is 1.52. The minimum Gasteiger partial charge on any atom is -0.345 e. The first-order valence-electron chi connectivity index (χ1n) is 6.53. The van der Waals surface area contributed by atoms with Crippen LogP contribution >= 0.6 is 11.8 Å². The summed E-state index contributed by atoms with van der Waals surface area (Å²) in [6, 6.07) is 14.0. The number of amides is 1. The highest BCUT2D eigenvalue weighted by atomic mass is 32.2. The maximum atomic E-state index is 13.8. The van der Waals surface area contributed by atoms with E-state index in [2.05, 4.69) is 5.32 Å². The molecule has 2 aromatic carbocycles. The van der Waals surface area contributed by atoms with Gasteiger partial charge >= 0.3 is 0 Å². The second kappa shape index (κ2) is 5.67. The van der Waals surface area contributed by atoms with E-state index in [1.807, 2.05) is 24.3 Å². The second-order valence-electron chi connectivity index (χ2n) is 4.69. The highest BCUT2D eigenvalue weighted by Crippen LogP contribution is 2.37. The molecule has 1 heterocycles. The Balaban J connectivity index is 1.84. The van der Waals surface area contributed by atoms with Crippen molar-refractivity contribution in [3.63, 3.8) is 0 Å². The summed E-state index contributed by atoms with van der Waals surface area (Å²) in [4.78, 5) is 12.9. The number of rotatable bonds is 2. The third kappa shape index (κ3) is 2.56. The van der Waals surface area contributed by atoms with E-state index in [4.69, 9.17) is 0 Å². The van der Waals surface area contributed by atoms with Crippen molar-refractivity contribution in [1.29, 1.82) is 0 Å². The fraction of sp³-hybridized carbons (Fsp3) is 0.188. The second-order valence-corrected chi connectivity index (χ2v) is 5.79. The Morgan fingerprint density at radius 2 is 1.95 bits per heavy atom. The van der Waals surface area contributed by atoms with Crippen LogP contribution < -0.4 is 5.32 Å². The highest BCUT2D eigenvalue weighted by molar-refractivity contribution is 7.99. The third-order valence-electron chi connectivity index (χ3n) is 3.37. The molecule has 0 saturated heterocycles. The van der Waals surface area contributed by atoms with Crippen LogP contribution in [0.3, 0.4) is 0 Å². The zero-order valence-electron chi connectivity index (χ0n) is 10.8. The van der Waals surface area contributed by atoms with Gasteiger partial charge in [-0.3, -0.25) is 4.79 Å². The van der Waals surface area contributed by atoms with E-state index >= 15 is 0 Å². The first-order valence-corrected chi connectivity index (χ1v) is 7.51. The molecule has 1 aliphatic heterocycles. The summed E-state index contributed by atoms with van der Waals surface area (Å²) in [5.41, 5.74) is 1.51. The maximum Gasteiger partial charge on any atom is 0.251 e. The molecule has 0 saturated carbocycles. The number of carbonyl (C=O) groups excluding carboxylic acids is 1. The average Bonchev–Trinajstić information content (AvgIpc) is 2.49. The molecule has 1 amide bonds. The van der Waals surface area contributed by atoms with Crippen molar-refractivity contribution in [2.24, 2.45) is 0 Å². The lowest BCUT2D eigenvalue weighted by Gasteiger charge is -2.26. The number of carbonyl (C=O) groups is 1. The molecular weight excluding hydrogens is 273 g/mol. The van der Waals surface area contributed by atoms with E-state index in [1.54, 1.807) is 18.2 Å². The number of benzene rings is 2. The van der Waals surface area contributed by atoms with Gasteiger partial charge in [-0.15, -0.1) is 11.8 Å². The molecule has 3 rings (SSSR count). The Labute approximate surface area is 121 Å². The summed E-state index contributed by atoms with van der Waals surface area (Å²) < 4.78 is 13.8. The van der Waals surface area contributed by atoms with Crippen LogP contribution in [0.2, 0.25) is 0 Å². The molecule has 0 spiro atoms. The minimum absolute atomic E-state index is 0.113. The van der Waals surface area contributed by atoms with E-state index in [-0.39, 0.29) is 17.8 Å². The van der Waals surface area contributed by atoms with E-state index in [1.165, 1.54) is 17.8 Å². The average molecular weight is 287 g/mol. The predicted octanol–water partition coefficient (Wildman–Crippen LogP) is 3.79. The van der Waals surface area contributed by atoms with Gasteiger partial charge in [0.05, 0.1) is 6.04 Å². The lowest BCUT2D eigenvalue weighted by molar-refractivity contribution is 0.0935. The Bertz CT molecular complexity index is 630. The first-order chi connectivity index (χ1) is 9.75. The molecule has 0 unspecified atom stereocenters. The molecule has 0 aliphatic carbocycles. The van der Waals surface area contributed by atoms with Crippen molar-refractivity contribution in [2.75, 3.05) is 5.75 Å². The molecule has 1 atom stereocenters. The Kier molecular flexibility index (Phi) is 3.74. The molecule has 0 aromatic heterocycles. The van der Waals surface area contributed by atoms with Crippen molar-refractivity contribution in [3.05, 3.63) is 65.5 Å². The molecule has 4 heteroatoms. The molecule has 102 valence electrons. The quantitative estimate of drug-likeness (QED) is 0.910. The Morgan fingerprint density at radius 1 is 1.15 bits per heavy atom. The smallest absolute Gasteiger partial charge is 0.251 e. The molecule has 2 nitrogen and oxygen atoms in total. The van der Waals surface area contributed by atoms with Gasteiger partial charge in [0.15, 0.2) is 0 Å². The Morgan fingerprint density at radius 3 is 2.75 bits per heavy atom. The number of fused-ring (bicyclic) bond motifs is 1. The standard InChI is InChI=1S/C16H14FNOS/c17-13-8-4-7-12-14(9-10-20-15(12)13)18-16(19)11-5-2-1-3-6-11/h1-8,14H,9-10H2,(H,18,19)/t14-/m1/s1. The van der Waals surface area contributed by atoms with Crippen LogP contribution in [0.1, 0.15) is 28.4 Å². The fourth-order valence-corrected chi connectivity index (χ4v) is 3.51. The van der Waals surface area contributed by atoms with Crippen LogP contribution in [0.25, 0.3) is 0 Å². The minimum atomic E-state index is -0.203. The van der Waals surface area contributed by atoms with Gasteiger partial charge in [-0.05, 0) is 30.2 Å². The van der Waals surface area contributed by atoms with Gasteiger partial charge in [0, 0.05) is 16.2 Å². The van der Waals surface area contributed by atoms with Crippen molar-refractivity contribution >= 4 is 17.7 Å². The molecule has 1 aliphatic rings. The van der Waals surface area contributed by atoms with Crippen molar-refractivity contribution in [1.82, 2.24) is 5.32 Å². The number of halogens is 1. The monoisotopic (exact) mass is 287 g/mol. The lowest BCUT2D eigenvalue weighted by atomic mass is 10.0.